The molecule has 0 aromatic heterocycles. The fourth-order valence-electron chi connectivity index (χ4n) is 1.55. The monoisotopic (exact) mass is 312 g/mol. The molecule has 0 radical (unpaired) electrons. The Hall–Kier alpha value is -0.700. The Bertz CT molecular complexity index is 306. The molecule has 0 atom stereocenters. The molecule has 8 heteroatoms. The third-order valence-corrected chi connectivity index (χ3v) is 2.44. The summed E-state index contributed by atoms with van der Waals surface area (Å²) in [5.74, 6) is 0.883. The summed E-state index contributed by atoms with van der Waals surface area (Å²) in [7, 11) is -0.292. The molecule has 0 aliphatic carbocycles. The highest BCUT2D eigenvalue weighted by Gasteiger charge is 2.11. The van der Waals surface area contributed by atoms with Gasteiger partial charge >= 0.3 is 0 Å². The summed E-state index contributed by atoms with van der Waals surface area (Å²) < 4.78 is 25.9. The molecule has 3 N–H and O–H groups in total. The van der Waals surface area contributed by atoms with Crippen LogP contribution in [-0.4, -0.2) is 69.4 Å². The van der Waals surface area contributed by atoms with E-state index in [-0.39, 0.29) is 0 Å². The Balaban J connectivity index is 0. The molecule has 1 fully saturated rings. The fraction of sp³-hybridized carbons (Fsp3) is 0.917. The molecule has 0 aromatic rings. The van der Waals surface area contributed by atoms with E-state index in [0.29, 0.717) is 12.9 Å². The number of nitrogens with zero attached hydrogens (tertiary/aromatic N) is 1. The second-order valence-electron chi connectivity index (χ2n) is 4.86. The second kappa shape index (κ2) is 13.3. The van der Waals surface area contributed by atoms with Gasteiger partial charge in [0, 0.05) is 20.7 Å². The van der Waals surface area contributed by atoms with Gasteiger partial charge in [-0.05, 0) is 44.7 Å². The van der Waals surface area contributed by atoms with Crippen molar-refractivity contribution in [3.05, 3.63) is 0 Å². The summed E-state index contributed by atoms with van der Waals surface area (Å²) in [5, 5.41) is 11.9. The number of hydrogen-bond donors (Lipinski definition) is 3. The minimum atomic E-state index is -3.67. The number of amides is 1. The topological polar surface area (TPSA) is 107 Å². The van der Waals surface area contributed by atoms with Crippen molar-refractivity contribution in [3.63, 3.8) is 0 Å². The smallest absolute Gasteiger partial charge is 0.261 e. The molecule has 7 nitrogen and oxygen atoms in total. The third-order valence-electron chi connectivity index (χ3n) is 2.44. The zero-order valence-electron chi connectivity index (χ0n) is 12.6. The van der Waals surface area contributed by atoms with E-state index in [1.807, 2.05) is 0 Å². The number of rotatable bonds is 4. The van der Waals surface area contributed by atoms with E-state index in [0.717, 1.165) is 18.7 Å². The molecule has 1 aliphatic heterocycles. The van der Waals surface area contributed by atoms with Gasteiger partial charge in [0.2, 0.25) is 6.41 Å². The van der Waals surface area contributed by atoms with Crippen molar-refractivity contribution in [3.8, 4) is 0 Å². The Morgan fingerprint density at radius 1 is 1.30 bits per heavy atom. The zero-order chi connectivity index (χ0) is 16.0. The van der Waals surface area contributed by atoms with Crippen LogP contribution in [0, 0.1) is 5.92 Å². The van der Waals surface area contributed by atoms with Gasteiger partial charge in [0.05, 0.1) is 6.26 Å². The number of aliphatic hydroxyl groups excluding tert-OH is 1. The molecule has 0 unspecified atom stereocenters. The van der Waals surface area contributed by atoms with Crippen LogP contribution in [0.15, 0.2) is 0 Å². The molecule has 0 bridgehead atoms. The molecule has 0 spiro atoms. The van der Waals surface area contributed by atoms with Gasteiger partial charge in [-0.15, -0.1) is 0 Å². The number of aliphatic hydroxyl groups is 1. The van der Waals surface area contributed by atoms with Crippen LogP contribution in [0.4, 0.5) is 0 Å². The Morgan fingerprint density at radius 3 is 2.00 bits per heavy atom. The van der Waals surface area contributed by atoms with Gasteiger partial charge in [0.25, 0.3) is 10.1 Å². The van der Waals surface area contributed by atoms with Gasteiger partial charge in [-0.1, -0.05) is 0 Å². The standard InChI is InChI=1S/C8H17NO.C3H7NO.CH4O3S/c10-7-1-2-8-3-5-9-6-4-8;1-4(2)3-5;1-5(2,3)4/h8-10H,1-7H2;3H,1-2H3;1H3,(H,2,3,4). The van der Waals surface area contributed by atoms with Gasteiger partial charge in [-0.2, -0.15) is 8.42 Å². The Labute approximate surface area is 122 Å². The highest BCUT2D eigenvalue weighted by molar-refractivity contribution is 7.85. The lowest BCUT2D eigenvalue weighted by atomic mass is 9.93. The van der Waals surface area contributed by atoms with Crippen LogP contribution in [0.2, 0.25) is 0 Å². The predicted molar refractivity (Wildman–Crippen MR) is 79.1 cm³/mol. The zero-order valence-corrected chi connectivity index (χ0v) is 13.4. The highest BCUT2D eigenvalue weighted by Crippen LogP contribution is 2.16. The Kier molecular flexibility index (Phi) is 14.4. The maximum atomic E-state index is 9.43. The van der Waals surface area contributed by atoms with Crippen LogP contribution in [0.1, 0.15) is 25.7 Å². The number of nitrogens with one attached hydrogen (secondary N) is 1. The number of hydrogen-bond acceptors (Lipinski definition) is 5. The molecular weight excluding hydrogens is 284 g/mol. The first kappa shape index (κ1) is 21.6. The van der Waals surface area contributed by atoms with Gasteiger partial charge in [-0.3, -0.25) is 9.35 Å². The van der Waals surface area contributed by atoms with E-state index >= 15 is 0 Å². The molecule has 1 aliphatic rings. The minimum Gasteiger partial charge on any atom is -0.396 e. The molecule has 0 saturated carbocycles. The highest BCUT2D eigenvalue weighted by atomic mass is 32.2. The molecule has 1 saturated heterocycles. The van der Waals surface area contributed by atoms with Crippen LogP contribution >= 0.6 is 0 Å². The van der Waals surface area contributed by atoms with Gasteiger partial charge in [-0.25, -0.2) is 0 Å². The molecule has 20 heavy (non-hydrogen) atoms. The lowest BCUT2D eigenvalue weighted by molar-refractivity contribution is -0.115. The predicted octanol–water partition coefficient (Wildman–Crippen LogP) is -0.0331. The average molecular weight is 312 g/mol. The second-order valence-corrected chi connectivity index (χ2v) is 6.33. The average Bonchev–Trinajstić information content (AvgIpc) is 2.36. The summed E-state index contributed by atoms with van der Waals surface area (Å²) in [6.07, 6.45) is 6.29. The van der Waals surface area contributed by atoms with Crippen molar-refractivity contribution in [1.29, 1.82) is 0 Å². The van der Waals surface area contributed by atoms with E-state index in [2.05, 4.69) is 5.32 Å². The Morgan fingerprint density at radius 2 is 1.70 bits per heavy atom. The molecule has 0 aromatic carbocycles. The number of carbonyl (C=O) groups is 1. The van der Waals surface area contributed by atoms with Crippen molar-refractivity contribution >= 4 is 16.5 Å². The van der Waals surface area contributed by atoms with Crippen LogP contribution in [-0.2, 0) is 14.9 Å². The van der Waals surface area contributed by atoms with Crippen molar-refractivity contribution < 1.29 is 22.9 Å². The first-order chi connectivity index (χ1) is 9.20. The van der Waals surface area contributed by atoms with Gasteiger partial charge in [0.15, 0.2) is 0 Å². The maximum absolute atomic E-state index is 9.43. The van der Waals surface area contributed by atoms with E-state index < -0.39 is 10.1 Å². The van der Waals surface area contributed by atoms with Crippen LogP contribution in [0.25, 0.3) is 0 Å². The minimum absolute atomic E-state index is 0.365. The van der Waals surface area contributed by atoms with E-state index in [9.17, 15) is 13.2 Å². The molecule has 122 valence electrons. The van der Waals surface area contributed by atoms with Crippen LogP contribution in [0.5, 0.6) is 0 Å². The van der Waals surface area contributed by atoms with Crippen molar-refractivity contribution in [2.24, 2.45) is 5.92 Å². The van der Waals surface area contributed by atoms with E-state index in [1.165, 1.54) is 37.3 Å². The quantitative estimate of drug-likeness (QED) is 0.497. The van der Waals surface area contributed by atoms with Crippen molar-refractivity contribution in [2.45, 2.75) is 25.7 Å². The number of piperidine rings is 1. The summed E-state index contributed by atoms with van der Waals surface area (Å²) in [4.78, 5) is 10.9. The first-order valence-corrected chi connectivity index (χ1v) is 8.41. The van der Waals surface area contributed by atoms with E-state index in [1.54, 1.807) is 14.1 Å². The summed E-state index contributed by atoms with van der Waals surface area (Å²) >= 11 is 0. The number of carbonyl (C=O) groups excluding carboxylic acids is 1. The van der Waals surface area contributed by atoms with Crippen molar-refractivity contribution in [1.82, 2.24) is 10.2 Å². The van der Waals surface area contributed by atoms with E-state index in [4.69, 9.17) is 9.66 Å². The van der Waals surface area contributed by atoms with Gasteiger partial charge < -0.3 is 15.3 Å². The molecular formula is C12H28N2O5S. The van der Waals surface area contributed by atoms with Gasteiger partial charge in [0.1, 0.15) is 0 Å². The van der Waals surface area contributed by atoms with Crippen LogP contribution in [0.3, 0.4) is 0 Å². The largest absolute Gasteiger partial charge is 0.396 e. The third kappa shape index (κ3) is 26.0. The lowest BCUT2D eigenvalue weighted by Gasteiger charge is -2.21. The molecule has 1 amide bonds. The summed E-state index contributed by atoms with van der Waals surface area (Å²) in [6.45, 7) is 2.72. The SMILES string of the molecule is CN(C)C=O.CS(=O)(=O)O.OCCCC1CCNCC1. The normalized spacial score (nSPS) is 15.2. The molecule has 1 heterocycles. The maximum Gasteiger partial charge on any atom is 0.261 e. The lowest BCUT2D eigenvalue weighted by Crippen LogP contribution is -2.27. The van der Waals surface area contributed by atoms with Crippen molar-refractivity contribution in [2.75, 3.05) is 40.0 Å². The van der Waals surface area contributed by atoms with Crippen LogP contribution < -0.4 is 5.32 Å². The first-order valence-electron chi connectivity index (χ1n) is 6.56. The summed E-state index contributed by atoms with van der Waals surface area (Å²) in [6, 6.07) is 0. The fourth-order valence-corrected chi connectivity index (χ4v) is 1.55. The molecule has 1 rings (SSSR count). The summed E-state index contributed by atoms with van der Waals surface area (Å²) in [5.41, 5.74) is 0.